The monoisotopic (exact) mass is 159 g/mol. The molecule has 2 nitrogen and oxygen atoms in total. The van der Waals surface area contributed by atoms with E-state index in [-0.39, 0.29) is 5.60 Å². The Kier molecular flexibility index (Phi) is 4.69. The summed E-state index contributed by atoms with van der Waals surface area (Å²) < 4.78 is 5.18. The van der Waals surface area contributed by atoms with Gasteiger partial charge in [0.15, 0.2) is 6.29 Å². The lowest BCUT2D eigenvalue weighted by atomic mass is 10.2. The van der Waals surface area contributed by atoms with Crippen molar-refractivity contribution in [2.45, 2.75) is 58.8 Å². The van der Waals surface area contributed by atoms with E-state index in [0.29, 0.717) is 6.42 Å². The molecule has 1 unspecified atom stereocenters. The molecule has 11 heavy (non-hydrogen) atoms. The van der Waals surface area contributed by atoms with Gasteiger partial charge in [0.2, 0.25) is 0 Å². The van der Waals surface area contributed by atoms with E-state index < -0.39 is 6.29 Å². The Morgan fingerprint density at radius 2 is 1.91 bits per heavy atom. The summed E-state index contributed by atoms with van der Waals surface area (Å²) in [5.41, 5.74) is -0.292. The van der Waals surface area contributed by atoms with E-state index in [1.807, 2.05) is 20.8 Å². The first-order chi connectivity index (χ1) is 4.95. The molecule has 0 bridgehead atoms. The molecule has 0 aliphatic rings. The largest absolute Gasteiger partial charge is 0.344 e. The fourth-order valence-electron chi connectivity index (χ4n) is 0.824. The van der Waals surface area contributed by atoms with Gasteiger partial charge in [-0.25, -0.2) is 5.11 Å². The average molecular weight is 159 g/mol. The summed E-state index contributed by atoms with van der Waals surface area (Å²) in [4.78, 5) is 0. The fourth-order valence-corrected chi connectivity index (χ4v) is 0.824. The lowest BCUT2D eigenvalue weighted by Crippen LogP contribution is -2.26. The third-order valence-electron chi connectivity index (χ3n) is 1.28. The van der Waals surface area contributed by atoms with Crippen LogP contribution in [0.25, 0.3) is 0 Å². The van der Waals surface area contributed by atoms with Crippen molar-refractivity contribution >= 4 is 0 Å². The molecule has 0 saturated carbocycles. The van der Waals surface area contributed by atoms with E-state index in [1.165, 1.54) is 0 Å². The van der Waals surface area contributed by atoms with Crippen LogP contribution in [0.3, 0.4) is 0 Å². The minimum Gasteiger partial charge on any atom is -0.344 e. The van der Waals surface area contributed by atoms with Crippen LogP contribution in [-0.4, -0.2) is 11.9 Å². The lowest BCUT2D eigenvalue weighted by Gasteiger charge is -2.22. The number of hydrogen-bond donors (Lipinski definition) is 0. The summed E-state index contributed by atoms with van der Waals surface area (Å²) in [6.07, 6.45) is 1.82. The number of rotatable bonds is 4. The SMILES string of the molecule is CCCCC([O])OC(C)(C)C. The average Bonchev–Trinajstić information content (AvgIpc) is 1.79. The zero-order valence-corrected chi connectivity index (χ0v) is 8.02. The van der Waals surface area contributed by atoms with Gasteiger partial charge in [0, 0.05) is 6.42 Å². The molecular weight excluding hydrogens is 140 g/mol. The maximum atomic E-state index is 11.1. The molecule has 0 saturated heterocycles. The summed E-state index contributed by atoms with van der Waals surface area (Å²) in [6, 6.07) is 0. The molecule has 1 radical (unpaired) electrons. The van der Waals surface area contributed by atoms with Crippen molar-refractivity contribution in [3.63, 3.8) is 0 Å². The highest BCUT2D eigenvalue weighted by Crippen LogP contribution is 2.13. The first-order valence-corrected chi connectivity index (χ1v) is 4.29. The third-order valence-corrected chi connectivity index (χ3v) is 1.28. The molecule has 0 amide bonds. The smallest absolute Gasteiger partial charge is 0.191 e. The highest BCUT2D eigenvalue weighted by Gasteiger charge is 2.16. The van der Waals surface area contributed by atoms with Gasteiger partial charge in [-0.05, 0) is 27.2 Å². The Bertz CT molecular complexity index is 94.2. The van der Waals surface area contributed by atoms with Gasteiger partial charge < -0.3 is 4.74 Å². The van der Waals surface area contributed by atoms with Crippen LogP contribution < -0.4 is 0 Å². The minimum absolute atomic E-state index is 0.292. The Hall–Kier alpha value is -0.0800. The Morgan fingerprint density at radius 3 is 2.27 bits per heavy atom. The quantitative estimate of drug-likeness (QED) is 0.580. The second-order valence-electron chi connectivity index (χ2n) is 3.80. The van der Waals surface area contributed by atoms with Crippen molar-refractivity contribution in [2.24, 2.45) is 0 Å². The van der Waals surface area contributed by atoms with E-state index >= 15 is 0 Å². The van der Waals surface area contributed by atoms with Crippen LogP contribution in [0.15, 0.2) is 0 Å². The highest BCUT2D eigenvalue weighted by molar-refractivity contribution is 4.59. The summed E-state index contributed by atoms with van der Waals surface area (Å²) >= 11 is 0. The van der Waals surface area contributed by atoms with Crippen LogP contribution in [0.4, 0.5) is 0 Å². The molecule has 67 valence electrons. The predicted molar refractivity (Wildman–Crippen MR) is 44.8 cm³/mol. The van der Waals surface area contributed by atoms with Crippen molar-refractivity contribution in [3.8, 4) is 0 Å². The van der Waals surface area contributed by atoms with E-state index in [0.717, 1.165) is 12.8 Å². The molecule has 0 aliphatic carbocycles. The Morgan fingerprint density at radius 1 is 1.36 bits per heavy atom. The first kappa shape index (κ1) is 10.9. The maximum Gasteiger partial charge on any atom is 0.191 e. The standard InChI is InChI=1S/C9H19O2/c1-5-6-7-8(10)11-9(2,3)4/h8H,5-7H2,1-4H3. The van der Waals surface area contributed by atoms with Crippen LogP contribution >= 0.6 is 0 Å². The second-order valence-corrected chi connectivity index (χ2v) is 3.80. The molecule has 0 heterocycles. The third kappa shape index (κ3) is 7.82. The normalized spacial score (nSPS) is 15.0. The molecule has 2 heteroatoms. The summed E-state index contributed by atoms with van der Waals surface area (Å²) in [5.74, 6) is 0. The van der Waals surface area contributed by atoms with Crippen LogP contribution in [0.1, 0.15) is 47.0 Å². The van der Waals surface area contributed by atoms with Crippen molar-refractivity contribution in [2.75, 3.05) is 0 Å². The molecule has 0 aromatic rings. The van der Waals surface area contributed by atoms with Crippen LogP contribution in [0.2, 0.25) is 0 Å². The highest BCUT2D eigenvalue weighted by atomic mass is 16.6. The van der Waals surface area contributed by atoms with Gasteiger partial charge in [-0.3, -0.25) is 0 Å². The van der Waals surface area contributed by atoms with Gasteiger partial charge in [-0.1, -0.05) is 13.3 Å². The summed E-state index contributed by atoms with van der Waals surface area (Å²) in [6.45, 7) is 7.79. The van der Waals surface area contributed by atoms with E-state index in [1.54, 1.807) is 0 Å². The predicted octanol–water partition coefficient (Wildman–Crippen LogP) is 2.75. The van der Waals surface area contributed by atoms with Crippen LogP contribution in [0.5, 0.6) is 0 Å². The molecule has 0 aromatic carbocycles. The van der Waals surface area contributed by atoms with Crippen molar-refractivity contribution in [1.29, 1.82) is 0 Å². The topological polar surface area (TPSA) is 29.1 Å². The number of unbranched alkanes of at least 4 members (excludes halogenated alkanes) is 1. The van der Waals surface area contributed by atoms with Crippen molar-refractivity contribution < 1.29 is 9.84 Å². The molecule has 0 spiro atoms. The molecule has 0 aliphatic heterocycles. The fraction of sp³-hybridized carbons (Fsp3) is 1.00. The van der Waals surface area contributed by atoms with E-state index in [2.05, 4.69) is 6.92 Å². The summed E-state index contributed by atoms with van der Waals surface area (Å²) in [7, 11) is 0. The van der Waals surface area contributed by atoms with Gasteiger partial charge in [-0.2, -0.15) is 0 Å². The Balaban J connectivity index is 3.44. The van der Waals surface area contributed by atoms with Crippen molar-refractivity contribution in [1.82, 2.24) is 0 Å². The van der Waals surface area contributed by atoms with E-state index in [9.17, 15) is 5.11 Å². The summed E-state index contributed by atoms with van der Waals surface area (Å²) in [5, 5.41) is 11.1. The van der Waals surface area contributed by atoms with Gasteiger partial charge in [-0.15, -0.1) is 0 Å². The first-order valence-electron chi connectivity index (χ1n) is 4.29. The maximum absolute atomic E-state index is 11.1. The second kappa shape index (κ2) is 4.73. The Labute approximate surface area is 69.6 Å². The zero-order valence-electron chi connectivity index (χ0n) is 8.02. The number of hydrogen-bond acceptors (Lipinski definition) is 1. The zero-order chi connectivity index (χ0) is 8.91. The molecule has 0 N–H and O–H groups in total. The molecule has 0 rings (SSSR count). The molecular formula is C9H19O2. The van der Waals surface area contributed by atoms with Gasteiger partial charge in [0.05, 0.1) is 5.60 Å². The van der Waals surface area contributed by atoms with E-state index in [4.69, 9.17) is 4.74 Å². The van der Waals surface area contributed by atoms with Crippen molar-refractivity contribution in [3.05, 3.63) is 0 Å². The van der Waals surface area contributed by atoms with Crippen LogP contribution in [-0.2, 0) is 9.84 Å². The minimum atomic E-state index is -0.838. The van der Waals surface area contributed by atoms with Gasteiger partial charge in [0.1, 0.15) is 0 Å². The van der Waals surface area contributed by atoms with Gasteiger partial charge in [0.25, 0.3) is 0 Å². The molecule has 0 aromatic heterocycles. The molecule has 0 fully saturated rings. The van der Waals surface area contributed by atoms with Gasteiger partial charge >= 0.3 is 0 Å². The van der Waals surface area contributed by atoms with Crippen LogP contribution in [0, 0.1) is 0 Å². The lowest BCUT2D eigenvalue weighted by molar-refractivity contribution is -0.198. The molecule has 1 atom stereocenters. The number of ether oxygens (including phenoxy) is 1.